The molecule has 0 heterocycles. The van der Waals surface area contributed by atoms with Crippen molar-refractivity contribution in [3.63, 3.8) is 0 Å². The second-order valence-corrected chi connectivity index (χ2v) is 6.91. The maximum atomic E-state index is 12.0. The van der Waals surface area contributed by atoms with Gasteiger partial charge in [-0.3, -0.25) is 14.9 Å². The Kier molecular flexibility index (Phi) is 5.79. The summed E-state index contributed by atoms with van der Waals surface area (Å²) in [4.78, 5) is 33.4. The highest BCUT2D eigenvalue weighted by Gasteiger charge is 2.19. The van der Waals surface area contributed by atoms with Gasteiger partial charge in [-0.25, -0.2) is 4.79 Å². The van der Waals surface area contributed by atoms with Crippen LogP contribution in [0.1, 0.15) is 36.7 Å². The molecule has 0 aliphatic carbocycles. The lowest BCUT2D eigenvalue weighted by molar-refractivity contribution is -0.385. The number of hydrogen-bond acceptors (Lipinski definition) is 5. The molecule has 0 fully saturated rings. The van der Waals surface area contributed by atoms with Crippen LogP contribution in [0.3, 0.4) is 0 Å². The van der Waals surface area contributed by atoms with Crippen molar-refractivity contribution in [1.29, 1.82) is 0 Å². The maximum Gasteiger partial charge on any atom is 0.335 e. The zero-order valence-corrected chi connectivity index (χ0v) is 15.2. The van der Waals surface area contributed by atoms with E-state index in [2.05, 4.69) is 26.1 Å². The van der Waals surface area contributed by atoms with Gasteiger partial charge in [0.05, 0.1) is 10.5 Å². The summed E-state index contributed by atoms with van der Waals surface area (Å²) < 4.78 is 5.18. The third kappa shape index (κ3) is 5.27. The quantitative estimate of drug-likeness (QED) is 0.590. The minimum atomic E-state index is -1.25. The molecule has 0 aliphatic rings. The van der Waals surface area contributed by atoms with Gasteiger partial charge in [0, 0.05) is 17.8 Å². The molecule has 0 spiro atoms. The van der Waals surface area contributed by atoms with Gasteiger partial charge in [0.15, 0.2) is 12.4 Å². The zero-order chi connectivity index (χ0) is 20.2. The normalized spacial score (nSPS) is 10.9. The number of nitro groups is 1. The molecule has 0 radical (unpaired) electrons. The van der Waals surface area contributed by atoms with Gasteiger partial charge in [-0.1, -0.05) is 32.9 Å². The SMILES string of the molecule is CC(C)(C)c1ccc(NC(=O)COc2cc(C(=O)O)ccc2[N+](=O)[O-])cc1. The Labute approximate surface area is 155 Å². The van der Waals surface area contributed by atoms with Crippen LogP contribution >= 0.6 is 0 Å². The Bertz CT molecular complexity index is 869. The second-order valence-electron chi connectivity index (χ2n) is 6.91. The number of carboxylic acids is 1. The molecule has 0 aromatic heterocycles. The molecule has 8 heteroatoms. The Morgan fingerprint density at radius 1 is 1.15 bits per heavy atom. The highest BCUT2D eigenvalue weighted by atomic mass is 16.6. The standard InChI is InChI=1S/C19H20N2O6/c1-19(2,3)13-5-7-14(8-6-13)20-17(22)11-27-16-10-12(18(23)24)4-9-15(16)21(25)26/h4-10H,11H2,1-3H3,(H,20,22)(H,23,24). The van der Waals surface area contributed by atoms with Gasteiger partial charge in [0.2, 0.25) is 0 Å². The molecular formula is C19H20N2O6. The van der Waals surface area contributed by atoms with Crippen molar-refractivity contribution in [3.05, 3.63) is 63.7 Å². The van der Waals surface area contributed by atoms with Gasteiger partial charge < -0.3 is 15.2 Å². The predicted molar refractivity (Wildman–Crippen MR) is 99.3 cm³/mol. The van der Waals surface area contributed by atoms with Crippen molar-refractivity contribution in [3.8, 4) is 5.75 Å². The topological polar surface area (TPSA) is 119 Å². The van der Waals surface area contributed by atoms with E-state index >= 15 is 0 Å². The number of anilines is 1. The number of carboxylic acid groups (broad SMARTS) is 1. The molecule has 0 aliphatic heterocycles. The van der Waals surface area contributed by atoms with Gasteiger partial charge >= 0.3 is 11.7 Å². The van der Waals surface area contributed by atoms with Crippen molar-refractivity contribution in [2.45, 2.75) is 26.2 Å². The van der Waals surface area contributed by atoms with Crippen LogP contribution in [0, 0.1) is 10.1 Å². The molecule has 0 saturated heterocycles. The average Bonchev–Trinajstić information content (AvgIpc) is 2.59. The number of nitrogens with zero attached hydrogens (tertiary/aromatic N) is 1. The molecule has 0 atom stereocenters. The van der Waals surface area contributed by atoms with E-state index in [9.17, 15) is 19.7 Å². The van der Waals surface area contributed by atoms with Crippen LogP contribution in [0.4, 0.5) is 11.4 Å². The van der Waals surface area contributed by atoms with Gasteiger partial charge in [-0.2, -0.15) is 0 Å². The van der Waals surface area contributed by atoms with Gasteiger partial charge in [0.25, 0.3) is 5.91 Å². The van der Waals surface area contributed by atoms with E-state index in [-0.39, 0.29) is 16.7 Å². The molecule has 2 aromatic carbocycles. The largest absolute Gasteiger partial charge is 0.478 e. The van der Waals surface area contributed by atoms with E-state index in [1.165, 1.54) is 0 Å². The van der Waals surface area contributed by atoms with Gasteiger partial charge in [0.1, 0.15) is 0 Å². The van der Waals surface area contributed by atoms with E-state index in [1.54, 1.807) is 12.1 Å². The van der Waals surface area contributed by atoms with E-state index in [4.69, 9.17) is 9.84 Å². The Morgan fingerprint density at radius 3 is 2.30 bits per heavy atom. The number of benzene rings is 2. The summed E-state index contributed by atoms with van der Waals surface area (Å²) in [5.41, 5.74) is 1.07. The van der Waals surface area contributed by atoms with Gasteiger partial charge in [-0.15, -0.1) is 0 Å². The van der Waals surface area contributed by atoms with E-state index in [1.807, 2.05) is 12.1 Å². The number of carbonyl (C=O) groups excluding carboxylic acids is 1. The molecule has 27 heavy (non-hydrogen) atoms. The fraction of sp³-hybridized carbons (Fsp3) is 0.263. The number of aromatic carboxylic acids is 1. The van der Waals surface area contributed by atoms with Crippen molar-refractivity contribution in [1.82, 2.24) is 0 Å². The lowest BCUT2D eigenvalue weighted by atomic mass is 9.87. The van der Waals surface area contributed by atoms with Crippen LogP contribution in [0.25, 0.3) is 0 Å². The number of rotatable bonds is 6. The van der Waals surface area contributed by atoms with E-state index < -0.39 is 29.1 Å². The Hall–Kier alpha value is -3.42. The first-order valence-corrected chi connectivity index (χ1v) is 8.13. The molecule has 2 rings (SSSR count). The van der Waals surface area contributed by atoms with Crippen LogP contribution < -0.4 is 10.1 Å². The van der Waals surface area contributed by atoms with Crippen molar-refractivity contribution >= 4 is 23.3 Å². The fourth-order valence-electron chi connectivity index (χ4n) is 2.31. The molecule has 2 aromatic rings. The number of hydrogen-bond donors (Lipinski definition) is 2. The van der Waals surface area contributed by atoms with Crippen molar-refractivity contribution in [2.75, 3.05) is 11.9 Å². The number of carbonyl (C=O) groups is 2. The number of ether oxygens (including phenoxy) is 1. The second kappa shape index (κ2) is 7.86. The lowest BCUT2D eigenvalue weighted by Crippen LogP contribution is -2.20. The monoisotopic (exact) mass is 372 g/mol. The molecule has 0 saturated carbocycles. The van der Waals surface area contributed by atoms with Gasteiger partial charge in [-0.05, 0) is 29.2 Å². The molecule has 0 bridgehead atoms. The first-order valence-electron chi connectivity index (χ1n) is 8.13. The average molecular weight is 372 g/mol. The third-order valence-electron chi connectivity index (χ3n) is 3.80. The van der Waals surface area contributed by atoms with Crippen molar-refractivity contribution < 1.29 is 24.4 Å². The molecule has 142 valence electrons. The highest BCUT2D eigenvalue weighted by molar-refractivity contribution is 5.92. The minimum Gasteiger partial charge on any atom is -0.478 e. The Balaban J connectivity index is 2.06. The van der Waals surface area contributed by atoms with Crippen LogP contribution in [-0.2, 0) is 10.2 Å². The van der Waals surface area contributed by atoms with Crippen LogP contribution in [0.2, 0.25) is 0 Å². The molecule has 2 N–H and O–H groups in total. The number of amides is 1. The van der Waals surface area contributed by atoms with E-state index in [0.29, 0.717) is 5.69 Å². The zero-order valence-electron chi connectivity index (χ0n) is 15.2. The summed E-state index contributed by atoms with van der Waals surface area (Å²) in [5.74, 6) is -2.05. The predicted octanol–water partition coefficient (Wildman–Crippen LogP) is 3.61. The molecule has 0 unspecified atom stereocenters. The number of nitrogens with one attached hydrogen (secondary N) is 1. The maximum absolute atomic E-state index is 12.0. The van der Waals surface area contributed by atoms with Crippen LogP contribution in [0.5, 0.6) is 5.75 Å². The minimum absolute atomic E-state index is 0.0141. The van der Waals surface area contributed by atoms with E-state index in [0.717, 1.165) is 23.8 Å². The first kappa shape index (κ1) is 19.9. The van der Waals surface area contributed by atoms with Crippen LogP contribution in [0.15, 0.2) is 42.5 Å². The summed E-state index contributed by atoms with van der Waals surface area (Å²) in [5, 5.41) is 22.6. The fourth-order valence-corrected chi connectivity index (χ4v) is 2.31. The number of nitro benzene ring substituents is 1. The summed E-state index contributed by atoms with van der Waals surface area (Å²) >= 11 is 0. The summed E-state index contributed by atoms with van der Waals surface area (Å²) in [6, 6.07) is 10.5. The van der Waals surface area contributed by atoms with Crippen LogP contribution in [-0.4, -0.2) is 28.5 Å². The summed E-state index contributed by atoms with van der Waals surface area (Å²) in [6.07, 6.45) is 0. The Morgan fingerprint density at radius 2 is 1.78 bits per heavy atom. The third-order valence-corrected chi connectivity index (χ3v) is 3.80. The molecule has 1 amide bonds. The summed E-state index contributed by atoms with van der Waals surface area (Å²) in [7, 11) is 0. The highest BCUT2D eigenvalue weighted by Crippen LogP contribution is 2.28. The van der Waals surface area contributed by atoms with Crippen molar-refractivity contribution in [2.24, 2.45) is 0 Å². The summed E-state index contributed by atoms with van der Waals surface area (Å²) in [6.45, 7) is 5.73. The molecular weight excluding hydrogens is 352 g/mol. The first-order chi connectivity index (χ1) is 12.6. The smallest absolute Gasteiger partial charge is 0.335 e. The lowest BCUT2D eigenvalue weighted by Gasteiger charge is -2.19. The molecule has 8 nitrogen and oxygen atoms in total.